The van der Waals surface area contributed by atoms with Gasteiger partial charge in [0, 0.05) is 44.3 Å². The largest absolute Gasteiger partial charge is 0.490 e. The molecule has 11 heteroatoms. The summed E-state index contributed by atoms with van der Waals surface area (Å²) in [5, 5.41) is 4.33. The number of sulfonamides is 1. The van der Waals surface area contributed by atoms with E-state index < -0.39 is 16.1 Å². The van der Waals surface area contributed by atoms with Crippen molar-refractivity contribution in [3.05, 3.63) is 57.0 Å². The van der Waals surface area contributed by atoms with E-state index in [1.807, 2.05) is 6.92 Å². The van der Waals surface area contributed by atoms with Crippen molar-refractivity contribution in [2.75, 3.05) is 26.2 Å². The number of nitrogens with one attached hydrogen (secondary N) is 2. The molecule has 0 unspecified atom stereocenters. The summed E-state index contributed by atoms with van der Waals surface area (Å²) in [6.45, 7) is 4.38. The highest BCUT2D eigenvalue weighted by atomic mass is 35.5. The fourth-order valence-corrected chi connectivity index (χ4v) is 6.93. The molecule has 2 aliphatic rings. The molecule has 0 aliphatic carbocycles. The van der Waals surface area contributed by atoms with E-state index in [0.29, 0.717) is 41.7 Å². The summed E-state index contributed by atoms with van der Waals surface area (Å²) < 4.78 is 34.7. The van der Waals surface area contributed by atoms with E-state index in [4.69, 9.17) is 39.5 Å². The first-order valence-electron chi connectivity index (χ1n) is 11.6. The number of piperidine rings is 2. The van der Waals surface area contributed by atoms with Crippen LogP contribution in [0.1, 0.15) is 31.2 Å². The number of hydrogen-bond acceptors (Lipinski definition) is 5. The molecule has 2 saturated heterocycles. The van der Waals surface area contributed by atoms with Crippen molar-refractivity contribution in [2.24, 2.45) is 0 Å². The summed E-state index contributed by atoms with van der Waals surface area (Å²) in [4.78, 5) is 13.6. The summed E-state index contributed by atoms with van der Waals surface area (Å²) in [6.07, 6.45) is 2.66. The van der Waals surface area contributed by atoms with Gasteiger partial charge in [-0.3, -0.25) is 0 Å². The Labute approximate surface area is 221 Å². The molecule has 2 N–H and O–H groups in total. The Morgan fingerprint density at radius 3 is 2.31 bits per heavy atom. The minimum absolute atomic E-state index is 0.0188. The standard InChI is InChI=1S/C24H28Cl3N3O4S/c1-16-21(7-6-20(26)23(16)27)34-18-10-14-30(15-11-18,17-8-12-28-13-9-17)24(31)29-35(32,33)22-5-3-2-4-19(22)25/h2-7,17-18,28H,8-15H2,1H3/p+1. The van der Waals surface area contributed by atoms with E-state index in [9.17, 15) is 13.2 Å². The summed E-state index contributed by atoms with van der Waals surface area (Å²) in [7, 11) is -4.11. The number of likely N-dealkylation sites (tertiary alicyclic amines) is 1. The van der Waals surface area contributed by atoms with Crippen molar-refractivity contribution in [1.82, 2.24) is 10.0 Å². The molecule has 4 rings (SSSR count). The van der Waals surface area contributed by atoms with Crippen LogP contribution in [0.2, 0.25) is 15.1 Å². The normalized spacial score (nSPS) is 23.6. The Bertz CT molecular complexity index is 1190. The lowest BCUT2D eigenvalue weighted by Gasteiger charge is -2.47. The first kappa shape index (κ1) is 26.5. The summed E-state index contributed by atoms with van der Waals surface area (Å²) in [6, 6.07) is 9.12. The minimum Gasteiger partial charge on any atom is -0.490 e. The predicted octanol–water partition coefficient (Wildman–Crippen LogP) is 5.16. The van der Waals surface area contributed by atoms with Gasteiger partial charge in [0.15, 0.2) is 0 Å². The van der Waals surface area contributed by atoms with Gasteiger partial charge in [-0.2, -0.15) is 4.72 Å². The molecule has 2 heterocycles. The maximum absolute atomic E-state index is 13.7. The Kier molecular flexibility index (Phi) is 8.20. The first-order chi connectivity index (χ1) is 16.6. The van der Waals surface area contributed by atoms with Gasteiger partial charge in [-0.05, 0) is 31.2 Å². The molecule has 0 radical (unpaired) electrons. The number of carbonyl (C=O) groups excluding carboxylic acids is 1. The topological polar surface area (TPSA) is 84.5 Å². The third-order valence-corrected chi connectivity index (χ3v) is 9.76. The van der Waals surface area contributed by atoms with Crippen LogP contribution in [0.25, 0.3) is 0 Å². The molecule has 0 atom stereocenters. The van der Waals surface area contributed by atoms with Crippen LogP contribution < -0.4 is 14.8 Å². The lowest BCUT2D eigenvalue weighted by molar-refractivity contribution is -0.882. The molecule has 190 valence electrons. The number of benzene rings is 2. The zero-order valence-electron chi connectivity index (χ0n) is 19.4. The Hall–Kier alpha value is -1.55. The third kappa shape index (κ3) is 5.58. The highest BCUT2D eigenvalue weighted by Gasteiger charge is 2.49. The Morgan fingerprint density at radius 2 is 1.66 bits per heavy atom. The number of carbonyl (C=O) groups is 1. The average Bonchev–Trinajstić information content (AvgIpc) is 2.85. The molecular formula is C24H29Cl3N3O4S+. The van der Waals surface area contributed by atoms with Crippen LogP contribution in [0.15, 0.2) is 41.3 Å². The zero-order chi connectivity index (χ0) is 25.2. The van der Waals surface area contributed by atoms with Crippen LogP contribution in [0.4, 0.5) is 4.79 Å². The second-order valence-corrected chi connectivity index (χ2v) is 11.9. The van der Waals surface area contributed by atoms with Crippen molar-refractivity contribution in [3.63, 3.8) is 0 Å². The van der Waals surface area contributed by atoms with E-state index in [1.165, 1.54) is 12.1 Å². The zero-order valence-corrected chi connectivity index (χ0v) is 22.5. The number of amides is 2. The van der Waals surface area contributed by atoms with Gasteiger partial charge in [0.05, 0.1) is 34.2 Å². The highest BCUT2D eigenvalue weighted by molar-refractivity contribution is 7.90. The number of rotatable bonds is 5. The number of halogens is 3. The van der Waals surface area contributed by atoms with Gasteiger partial charge in [-0.25, -0.2) is 17.7 Å². The second kappa shape index (κ2) is 10.8. The second-order valence-electron chi connectivity index (χ2n) is 9.11. The maximum atomic E-state index is 13.7. The maximum Gasteiger partial charge on any atom is 0.430 e. The first-order valence-corrected chi connectivity index (χ1v) is 14.3. The van der Waals surface area contributed by atoms with E-state index >= 15 is 0 Å². The molecule has 2 fully saturated rings. The van der Waals surface area contributed by atoms with Gasteiger partial charge in [-0.1, -0.05) is 46.9 Å². The molecule has 0 saturated carbocycles. The minimum atomic E-state index is -4.11. The molecule has 0 aromatic heterocycles. The fraction of sp³-hybridized carbons (Fsp3) is 0.458. The molecule has 2 aromatic rings. The number of hydrogen-bond donors (Lipinski definition) is 2. The molecular weight excluding hydrogens is 533 g/mol. The molecule has 2 aromatic carbocycles. The van der Waals surface area contributed by atoms with E-state index in [1.54, 1.807) is 24.3 Å². The molecule has 35 heavy (non-hydrogen) atoms. The fourth-order valence-electron chi connectivity index (χ4n) is 5.02. The van der Waals surface area contributed by atoms with Gasteiger partial charge in [0.1, 0.15) is 16.7 Å². The lowest BCUT2D eigenvalue weighted by Crippen LogP contribution is -2.68. The smallest absolute Gasteiger partial charge is 0.430 e. The SMILES string of the molecule is Cc1c(OC2CC[N+](C(=O)NS(=O)(=O)c3ccccc3Cl)(C3CCNCC3)CC2)ccc(Cl)c1Cl. The molecule has 2 aliphatic heterocycles. The van der Waals surface area contributed by atoms with Crippen molar-refractivity contribution >= 4 is 50.9 Å². The van der Waals surface area contributed by atoms with Crippen LogP contribution in [0.3, 0.4) is 0 Å². The molecule has 0 spiro atoms. The van der Waals surface area contributed by atoms with Gasteiger partial charge in [0.2, 0.25) is 0 Å². The number of quaternary nitrogens is 1. The lowest BCUT2D eigenvalue weighted by atomic mass is 9.96. The van der Waals surface area contributed by atoms with Crippen molar-refractivity contribution in [2.45, 2.75) is 49.6 Å². The van der Waals surface area contributed by atoms with Crippen molar-refractivity contribution in [1.29, 1.82) is 0 Å². The van der Waals surface area contributed by atoms with Crippen molar-refractivity contribution < 1.29 is 22.4 Å². The van der Waals surface area contributed by atoms with Crippen LogP contribution in [0.5, 0.6) is 5.75 Å². The van der Waals surface area contributed by atoms with E-state index in [-0.39, 0.29) is 26.5 Å². The van der Waals surface area contributed by atoms with E-state index in [0.717, 1.165) is 31.5 Å². The third-order valence-electron chi connectivity index (χ3n) is 7.04. The van der Waals surface area contributed by atoms with Crippen LogP contribution in [0, 0.1) is 6.92 Å². The summed E-state index contributed by atoms with van der Waals surface area (Å²) in [5.74, 6) is 0.664. The van der Waals surface area contributed by atoms with Crippen LogP contribution in [-0.4, -0.2) is 57.3 Å². The van der Waals surface area contributed by atoms with E-state index in [2.05, 4.69) is 10.0 Å². The highest BCUT2D eigenvalue weighted by Crippen LogP contribution is 2.35. The van der Waals surface area contributed by atoms with Crippen LogP contribution >= 0.6 is 34.8 Å². The quantitative estimate of drug-likeness (QED) is 0.493. The predicted molar refractivity (Wildman–Crippen MR) is 138 cm³/mol. The number of urea groups is 1. The summed E-state index contributed by atoms with van der Waals surface area (Å²) >= 11 is 18.5. The Morgan fingerprint density at radius 1 is 1.00 bits per heavy atom. The molecule has 0 bridgehead atoms. The Balaban J connectivity index is 1.54. The average molecular weight is 562 g/mol. The van der Waals surface area contributed by atoms with Gasteiger partial charge >= 0.3 is 6.03 Å². The number of ether oxygens (including phenoxy) is 1. The number of nitrogens with zero attached hydrogens (tertiary/aromatic N) is 1. The van der Waals surface area contributed by atoms with Gasteiger partial charge in [-0.15, -0.1) is 0 Å². The molecule has 7 nitrogen and oxygen atoms in total. The van der Waals surface area contributed by atoms with Gasteiger partial charge < -0.3 is 10.1 Å². The van der Waals surface area contributed by atoms with Crippen molar-refractivity contribution in [3.8, 4) is 5.75 Å². The monoisotopic (exact) mass is 560 g/mol. The molecule has 2 amide bonds. The van der Waals surface area contributed by atoms with Gasteiger partial charge in [0.25, 0.3) is 10.0 Å². The summed E-state index contributed by atoms with van der Waals surface area (Å²) in [5.41, 5.74) is 0.771. The van der Waals surface area contributed by atoms with Crippen LogP contribution in [-0.2, 0) is 10.0 Å².